The third-order valence-corrected chi connectivity index (χ3v) is 6.95. The van der Waals surface area contributed by atoms with Gasteiger partial charge in [-0.05, 0) is 54.7 Å². The van der Waals surface area contributed by atoms with Gasteiger partial charge in [0.15, 0.2) is 18.2 Å². The average molecular weight is 467 g/mol. The number of benzene rings is 2. The van der Waals surface area contributed by atoms with E-state index >= 15 is 0 Å². The van der Waals surface area contributed by atoms with Crippen LogP contribution in [0.4, 0.5) is 14.5 Å². The molecule has 3 rings (SSSR count). The molecule has 0 radical (unpaired) electrons. The number of carbonyl (C=O) groups excluding carboxylic acids is 2. The topological polar surface area (TPSA) is 92.8 Å². The molecule has 0 bridgehead atoms. The number of piperidine rings is 1. The number of nitrogens with one attached hydrogen (secondary N) is 1. The van der Waals surface area contributed by atoms with Crippen molar-refractivity contribution in [2.75, 3.05) is 25.0 Å². The molecule has 1 aliphatic heterocycles. The molecule has 0 aromatic heterocycles. The number of anilines is 1. The van der Waals surface area contributed by atoms with Gasteiger partial charge in [0.1, 0.15) is 0 Å². The lowest BCUT2D eigenvalue weighted by Gasteiger charge is -2.34. The lowest BCUT2D eigenvalue weighted by Crippen LogP contribution is -2.42. The van der Waals surface area contributed by atoms with E-state index in [9.17, 15) is 26.8 Å². The zero-order valence-electron chi connectivity index (χ0n) is 17.7. The molecule has 1 N–H and O–H groups in total. The van der Waals surface area contributed by atoms with Crippen molar-refractivity contribution in [1.29, 1.82) is 0 Å². The molecule has 172 valence electrons. The molecule has 2 aromatic carbocycles. The van der Waals surface area contributed by atoms with Crippen molar-refractivity contribution in [2.24, 2.45) is 11.8 Å². The highest BCUT2D eigenvalue weighted by atomic mass is 32.2. The van der Waals surface area contributed by atoms with Crippen LogP contribution in [0.2, 0.25) is 0 Å². The Balaban J connectivity index is 1.58. The molecular weight excluding hydrogens is 442 g/mol. The van der Waals surface area contributed by atoms with E-state index in [1.807, 2.05) is 13.8 Å². The largest absolute Gasteiger partial charge is 0.452 e. The molecule has 2 atom stereocenters. The van der Waals surface area contributed by atoms with Gasteiger partial charge in [-0.1, -0.05) is 13.8 Å². The molecule has 0 unspecified atom stereocenters. The van der Waals surface area contributed by atoms with Gasteiger partial charge in [0.05, 0.1) is 10.5 Å². The molecule has 1 aliphatic rings. The number of ether oxygens (including phenoxy) is 1. The molecule has 1 fully saturated rings. The Morgan fingerprint density at radius 3 is 2.25 bits per heavy atom. The Bertz CT molecular complexity index is 1100. The van der Waals surface area contributed by atoms with Crippen molar-refractivity contribution in [3.8, 4) is 0 Å². The van der Waals surface area contributed by atoms with Crippen LogP contribution in [0.5, 0.6) is 0 Å². The van der Waals surface area contributed by atoms with Gasteiger partial charge in [0.2, 0.25) is 10.0 Å². The first-order chi connectivity index (χ1) is 15.1. The first-order valence-electron chi connectivity index (χ1n) is 10.1. The molecule has 1 saturated heterocycles. The zero-order valence-corrected chi connectivity index (χ0v) is 18.5. The Hall–Kier alpha value is -2.85. The molecule has 1 amide bonds. The molecule has 7 nitrogen and oxygen atoms in total. The third-order valence-electron chi connectivity index (χ3n) is 5.10. The van der Waals surface area contributed by atoms with Gasteiger partial charge in [0, 0.05) is 24.8 Å². The van der Waals surface area contributed by atoms with Crippen molar-refractivity contribution >= 4 is 27.6 Å². The number of nitrogens with zero attached hydrogens (tertiary/aromatic N) is 1. The summed E-state index contributed by atoms with van der Waals surface area (Å²) in [7, 11) is -3.68. The zero-order chi connectivity index (χ0) is 23.5. The van der Waals surface area contributed by atoms with Crippen molar-refractivity contribution in [3.63, 3.8) is 0 Å². The monoisotopic (exact) mass is 466 g/mol. The van der Waals surface area contributed by atoms with Gasteiger partial charge >= 0.3 is 5.97 Å². The smallest absolute Gasteiger partial charge is 0.338 e. The Labute approximate surface area is 185 Å². The van der Waals surface area contributed by atoms with E-state index in [1.165, 1.54) is 34.6 Å². The minimum Gasteiger partial charge on any atom is -0.452 e. The number of hydrogen-bond acceptors (Lipinski definition) is 5. The summed E-state index contributed by atoms with van der Waals surface area (Å²) in [4.78, 5) is 24.1. The number of hydrogen-bond donors (Lipinski definition) is 1. The number of esters is 1. The van der Waals surface area contributed by atoms with Crippen LogP contribution in [0.15, 0.2) is 47.4 Å². The summed E-state index contributed by atoms with van der Waals surface area (Å²) in [5.74, 6) is -3.21. The normalized spacial score (nSPS) is 19.4. The molecule has 1 heterocycles. The van der Waals surface area contributed by atoms with Crippen LogP contribution in [0, 0.1) is 23.5 Å². The standard InChI is InChI=1S/C22H24F2N2O5S/c1-14-9-15(2)12-26(11-14)32(29,30)18-6-3-16(4-7-18)22(28)31-13-21(27)25-17-5-8-19(23)20(24)10-17/h3-8,10,14-15H,9,11-13H2,1-2H3,(H,25,27)/t14-,15+. The van der Waals surface area contributed by atoms with Gasteiger partial charge in [-0.15, -0.1) is 0 Å². The van der Waals surface area contributed by atoms with E-state index in [0.29, 0.717) is 13.1 Å². The number of carbonyl (C=O) groups is 2. The van der Waals surface area contributed by atoms with Gasteiger partial charge in [-0.2, -0.15) is 4.31 Å². The molecule has 32 heavy (non-hydrogen) atoms. The van der Waals surface area contributed by atoms with E-state index in [0.717, 1.165) is 18.6 Å². The predicted molar refractivity (Wildman–Crippen MR) is 113 cm³/mol. The summed E-state index contributed by atoms with van der Waals surface area (Å²) in [5.41, 5.74) is 0.0887. The van der Waals surface area contributed by atoms with Crippen molar-refractivity contribution < 1.29 is 31.5 Å². The van der Waals surface area contributed by atoms with E-state index < -0.39 is 40.1 Å². The van der Waals surface area contributed by atoms with Gasteiger partial charge < -0.3 is 10.1 Å². The number of rotatable bonds is 6. The average Bonchev–Trinajstić information content (AvgIpc) is 2.74. The second-order valence-corrected chi connectivity index (χ2v) is 9.98. The summed E-state index contributed by atoms with van der Waals surface area (Å²) in [5, 5.41) is 2.28. The van der Waals surface area contributed by atoms with E-state index in [2.05, 4.69) is 5.32 Å². The van der Waals surface area contributed by atoms with Crippen molar-refractivity contribution in [1.82, 2.24) is 4.31 Å². The summed E-state index contributed by atoms with van der Waals surface area (Å²) in [6, 6.07) is 8.13. The fourth-order valence-electron chi connectivity index (χ4n) is 3.70. The Morgan fingerprint density at radius 2 is 1.66 bits per heavy atom. The molecular formula is C22H24F2N2O5S. The van der Waals surface area contributed by atoms with Gasteiger partial charge in [0.25, 0.3) is 5.91 Å². The second-order valence-electron chi connectivity index (χ2n) is 8.05. The van der Waals surface area contributed by atoms with Gasteiger partial charge in [-0.25, -0.2) is 22.0 Å². The second kappa shape index (κ2) is 9.74. The minimum absolute atomic E-state index is 0.0147. The first kappa shape index (κ1) is 23.8. The summed E-state index contributed by atoms with van der Waals surface area (Å²) in [6.07, 6.45) is 0.973. The number of sulfonamides is 1. The molecule has 2 aromatic rings. The van der Waals surface area contributed by atoms with E-state index in [-0.39, 0.29) is 28.0 Å². The summed E-state index contributed by atoms with van der Waals surface area (Å²) >= 11 is 0. The van der Waals surface area contributed by atoms with Crippen LogP contribution >= 0.6 is 0 Å². The van der Waals surface area contributed by atoms with E-state index in [4.69, 9.17) is 4.74 Å². The maximum Gasteiger partial charge on any atom is 0.338 e. The first-order valence-corrected chi connectivity index (χ1v) is 11.5. The predicted octanol–water partition coefficient (Wildman–Crippen LogP) is 3.43. The lowest BCUT2D eigenvalue weighted by atomic mass is 9.94. The summed E-state index contributed by atoms with van der Waals surface area (Å²) < 4.78 is 58.3. The highest BCUT2D eigenvalue weighted by molar-refractivity contribution is 7.89. The minimum atomic E-state index is -3.68. The fraction of sp³-hybridized carbons (Fsp3) is 0.364. The van der Waals surface area contributed by atoms with Crippen LogP contribution in [0.3, 0.4) is 0 Å². The van der Waals surface area contributed by atoms with Crippen molar-refractivity contribution in [3.05, 3.63) is 59.7 Å². The maximum absolute atomic E-state index is 13.2. The highest BCUT2D eigenvalue weighted by Crippen LogP contribution is 2.26. The molecule has 0 saturated carbocycles. The maximum atomic E-state index is 13.2. The van der Waals surface area contributed by atoms with Crippen LogP contribution in [-0.4, -0.2) is 44.3 Å². The SMILES string of the molecule is C[C@@H]1C[C@H](C)CN(S(=O)(=O)c2ccc(C(=O)OCC(=O)Nc3ccc(F)c(F)c3)cc2)C1. The van der Waals surface area contributed by atoms with Crippen LogP contribution in [0.1, 0.15) is 30.6 Å². The van der Waals surface area contributed by atoms with Crippen LogP contribution in [-0.2, 0) is 19.6 Å². The van der Waals surface area contributed by atoms with Crippen LogP contribution in [0.25, 0.3) is 0 Å². The quantitative estimate of drug-likeness (QED) is 0.659. The van der Waals surface area contributed by atoms with Crippen molar-refractivity contribution in [2.45, 2.75) is 25.2 Å². The highest BCUT2D eigenvalue weighted by Gasteiger charge is 2.31. The van der Waals surface area contributed by atoms with E-state index in [1.54, 1.807) is 0 Å². The third kappa shape index (κ3) is 5.68. The number of amides is 1. The Kier molecular flexibility index (Phi) is 7.25. The summed E-state index contributed by atoms with van der Waals surface area (Å²) in [6.45, 7) is 4.27. The molecule has 10 heteroatoms. The van der Waals surface area contributed by atoms with Gasteiger partial charge in [-0.3, -0.25) is 4.79 Å². The Morgan fingerprint density at radius 1 is 1.03 bits per heavy atom. The molecule has 0 spiro atoms. The molecule has 0 aliphatic carbocycles. The number of halogens is 2. The lowest BCUT2D eigenvalue weighted by molar-refractivity contribution is -0.119. The van der Waals surface area contributed by atoms with Crippen LogP contribution < -0.4 is 5.32 Å². The fourth-order valence-corrected chi connectivity index (χ4v) is 5.38.